The van der Waals surface area contributed by atoms with Crippen LogP contribution in [0.1, 0.15) is 30.9 Å². The van der Waals surface area contributed by atoms with E-state index in [9.17, 15) is 13.2 Å². The quantitative estimate of drug-likeness (QED) is 0.500. The first-order valence-corrected chi connectivity index (χ1v) is 11.7. The van der Waals surface area contributed by atoms with E-state index in [0.717, 1.165) is 11.3 Å². The van der Waals surface area contributed by atoms with E-state index < -0.39 is 10.0 Å². The Morgan fingerprint density at radius 1 is 0.903 bits per heavy atom. The van der Waals surface area contributed by atoms with Crippen molar-refractivity contribution in [3.05, 3.63) is 89.9 Å². The topological polar surface area (TPSA) is 70.8 Å². The molecule has 7 heteroatoms. The summed E-state index contributed by atoms with van der Waals surface area (Å²) in [6.07, 6.45) is 0. The number of hydrogen-bond donors (Lipinski definition) is 0. The zero-order valence-corrected chi connectivity index (χ0v) is 18.9. The first-order valence-electron chi connectivity index (χ1n) is 10.2. The van der Waals surface area contributed by atoms with Crippen LogP contribution in [-0.4, -0.2) is 36.1 Å². The number of benzene rings is 2. The smallest absolute Gasteiger partial charge is 0.243 e. The number of sulfonamides is 1. The SMILES string of the molecule is Cc1ccc(CN(Cc2ccccc2)C(=O)CN(C(C)C)S(=O)(=O)c2ccccc2)o1. The fraction of sp³-hybridized carbons (Fsp3) is 0.292. The molecule has 1 aromatic heterocycles. The van der Waals surface area contributed by atoms with E-state index in [4.69, 9.17) is 4.42 Å². The largest absolute Gasteiger partial charge is 0.464 e. The summed E-state index contributed by atoms with van der Waals surface area (Å²) in [5, 5.41) is 0. The van der Waals surface area contributed by atoms with Crippen molar-refractivity contribution in [2.75, 3.05) is 6.54 Å². The number of carbonyl (C=O) groups excluding carboxylic acids is 1. The van der Waals surface area contributed by atoms with Gasteiger partial charge in [0.1, 0.15) is 11.5 Å². The molecule has 3 aromatic rings. The van der Waals surface area contributed by atoms with Crippen molar-refractivity contribution in [1.82, 2.24) is 9.21 Å². The van der Waals surface area contributed by atoms with E-state index in [1.54, 1.807) is 49.1 Å². The van der Waals surface area contributed by atoms with Crippen LogP contribution >= 0.6 is 0 Å². The lowest BCUT2D eigenvalue weighted by molar-refractivity contribution is -0.133. The monoisotopic (exact) mass is 440 g/mol. The molecular weight excluding hydrogens is 412 g/mol. The van der Waals surface area contributed by atoms with Gasteiger partial charge in [-0.2, -0.15) is 4.31 Å². The molecule has 6 nitrogen and oxygen atoms in total. The Hall–Kier alpha value is -2.90. The predicted molar refractivity (Wildman–Crippen MR) is 120 cm³/mol. The molecule has 2 aromatic carbocycles. The van der Waals surface area contributed by atoms with E-state index >= 15 is 0 Å². The highest BCUT2D eigenvalue weighted by molar-refractivity contribution is 7.89. The number of furan rings is 1. The van der Waals surface area contributed by atoms with Gasteiger partial charge in [0.25, 0.3) is 0 Å². The van der Waals surface area contributed by atoms with Crippen LogP contribution in [0, 0.1) is 6.92 Å². The molecule has 0 N–H and O–H groups in total. The summed E-state index contributed by atoms with van der Waals surface area (Å²) in [6.45, 7) is 5.76. The molecule has 0 unspecified atom stereocenters. The lowest BCUT2D eigenvalue weighted by Gasteiger charge is -2.29. The molecule has 0 spiro atoms. The average Bonchev–Trinajstić information content (AvgIpc) is 3.17. The van der Waals surface area contributed by atoms with Crippen LogP contribution in [0.15, 0.2) is 82.1 Å². The van der Waals surface area contributed by atoms with Crippen molar-refractivity contribution >= 4 is 15.9 Å². The fourth-order valence-corrected chi connectivity index (χ4v) is 4.91. The summed E-state index contributed by atoms with van der Waals surface area (Å²) >= 11 is 0. The lowest BCUT2D eigenvalue weighted by atomic mass is 10.2. The first kappa shape index (κ1) is 22.8. The van der Waals surface area contributed by atoms with Crippen molar-refractivity contribution in [2.24, 2.45) is 0 Å². The number of rotatable bonds is 9. The minimum Gasteiger partial charge on any atom is -0.464 e. The molecule has 0 saturated carbocycles. The fourth-order valence-electron chi connectivity index (χ4n) is 3.30. The Morgan fingerprint density at radius 2 is 1.52 bits per heavy atom. The van der Waals surface area contributed by atoms with E-state index in [2.05, 4.69) is 0 Å². The first-order chi connectivity index (χ1) is 14.8. The number of nitrogens with zero attached hydrogens (tertiary/aromatic N) is 2. The minimum atomic E-state index is -3.81. The van der Waals surface area contributed by atoms with Gasteiger partial charge < -0.3 is 9.32 Å². The van der Waals surface area contributed by atoms with Crippen LogP contribution in [0.25, 0.3) is 0 Å². The molecule has 0 bridgehead atoms. The highest BCUT2D eigenvalue weighted by Crippen LogP contribution is 2.20. The van der Waals surface area contributed by atoms with Gasteiger partial charge in [-0.15, -0.1) is 0 Å². The third kappa shape index (κ3) is 5.83. The third-order valence-corrected chi connectivity index (χ3v) is 6.96. The number of carbonyl (C=O) groups is 1. The van der Waals surface area contributed by atoms with E-state index in [1.165, 1.54) is 4.31 Å². The molecular formula is C24H28N2O4S. The summed E-state index contributed by atoms with van der Waals surface area (Å²) in [4.78, 5) is 15.1. The lowest BCUT2D eigenvalue weighted by Crippen LogP contribution is -2.45. The van der Waals surface area contributed by atoms with E-state index in [0.29, 0.717) is 12.3 Å². The van der Waals surface area contributed by atoms with Gasteiger partial charge in [-0.3, -0.25) is 4.79 Å². The maximum absolute atomic E-state index is 13.3. The number of amides is 1. The third-order valence-electron chi connectivity index (χ3n) is 4.93. The highest BCUT2D eigenvalue weighted by Gasteiger charge is 2.30. The van der Waals surface area contributed by atoms with Gasteiger partial charge in [0.15, 0.2) is 0 Å². The summed E-state index contributed by atoms with van der Waals surface area (Å²) in [6, 6.07) is 21.1. The van der Waals surface area contributed by atoms with Crippen LogP contribution in [0.3, 0.4) is 0 Å². The molecule has 1 amide bonds. The van der Waals surface area contributed by atoms with Crippen molar-refractivity contribution in [3.63, 3.8) is 0 Å². The zero-order chi connectivity index (χ0) is 22.4. The van der Waals surface area contributed by atoms with Crippen LogP contribution in [0.4, 0.5) is 0 Å². The molecule has 0 fully saturated rings. The van der Waals surface area contributed by atoms with Crippen molar-refractivity contribution in [1.29, 1.82) is 0 Å². The van der Waals surface area contributed by atoms with Gasteiger partial charge in [-0.25, -0.2) is 8.42 Å². The second kappa shape index (κ2) is 9.94. The molecule has 31 heavy (non-hydrogen) atoms. The molecule has 1 heterocycles. The van der Waals surface area contributed by atoms with E-state index in [1.807, 2.05) is 49.4 Å². The van der Waals surface area contributed by atoms with Gasteiger partial charge in [-0.05, 0) is 50.6 Å². The minimum absolute atomic E-state index is 0.174. The average molecular weight is 441 g/mol. The number of aryl methyl sites for hydroxylation is 1. The summed E-state index contributed by atoms with van der Waals surface area (Å²) in [5.41, 5.74) is 0.959. The Balaban J connectivity index is 1.86. The van der Waals surface area contributed by atoms with Gasteiger partial charge in [-0.1, -0.05) is 48.5 Å². The molecule has 0 radical (unpaired) electrons. The van der Waals surface area contributed by atoms with Crippen molar-refractivity contribution in [2.45, 2.75) is 44.8 Å². The molecule has 0 aliphatic heterocycles. The second-order valence-corrected chi connectivity index (χ2v) is 9.60. The molecule has 0 saturated heterocycles. The normalized spacial score (nSPS) is 11.8. The van der Waals surface area contributed by atoms with Gasteiger partial charge >= 0.3 is 0 Å². The van der Waals surface area contributed by atoms with Gasteiger partial charge in [0, 0.05) is 12.6 Å². The molecule has 0 aliphatic carbocycles. The van der Waals surface area contributed by atoms with Crippen LogP contribution < -0.4 is 0 Å². The molecule has 0 atom stereocenters. The van der Waals surface area contributed by atoms with Crippen LogP contribution in [0.5, 0.6) is 0 Å². The van der Waals surface area contributed by atoms with Crippen molar-refractivity contribution in [3.8, 4) is 0 Å². The Bertz CT molecular complexity index is 1090. The zero-order valence-electron chi connectivity index (χ0n) is 18.1. The van der Waals surface area contributed by atoms with Crippen molar-refractivity contribution < 1.29 is 17.6 Å². The Labute approximate surface area is 184 Å². The maximum atomic E-state index is 13.3. The Morgan fingerprint density at radius 3 is 2.06 bits per heavy atom. The molecule has 0 aliphatic rings. The van der Waals surface area contributed by atoms with Gasteiger partial charge in [0.05, 0.1) is 18.0 Å². The molecule has 3 rings (SSSR count). The predicted octanol–water partition coefficient (Wildman–Crippen LogP) is 4.22. The van der Waals surface area contributed by atoms with Crippen LogP contribution in [0.2, 0.25) is 0 Å². The van der Waals surface area contributed by atoms with E-state index in [-0.39, 0.29) is 29.9 Å². The standard InChI is InChI=1S/C24H28N2O4S/c1-19(2)26(31(28,29)23-12-8-5-9-13-23)18-24(27)25(16-21-10-6-4-7-11-21)17-22-15-14-20(3)30-22/h4-15,19H,16-18H2,1-3H3. The van der Waals surface area contributed by atoms with Crippen LogP contribution in [-0.2, 0) is 27.9 Å². The van der Waals surface area contributed by atoms with Gasteiger partial charge in [0.2, 0.25) is 15.9 Å². The summed E-state index contributed by atoms with van der Waals surface area (Å²) in [5.74, 6) is 1.13. The molecule has 164 valence electrons. The number of hydrogen-bond acceptors (Lipinski definition) is 4. The highest BCUT2D eigenvalue weighted by atomic mass is 32.2. The summed E-state index contributed by atoms with van der Waals surface area (Å²) in [7, 11) is -3.81. The second-order valence-electron chi connectivity index (χ2n) is 7.70. The summed E-state index contributed by atoms with van der Waals surface area (Å²) < 4.78 is 33.3. The maximum Gasteiger partial charge on any atom is 0.243 e. The Kier molecular flexibility index (Phi) is 7.30.